The molecule has 0 saturated carbocycles. The van der Waals surface area contributed by atoms with Crippen LogP contribution in [0.4, 0.5) is 0 Å². The Labute approximate surface area is 338 Å². The summed E-state index contributed by atoms with van der Waals surface area (Å²) in [6.45, 7) is 0. The first kappa shape index (κ1) is 33.0. The van der Waals surface area contributed by atoms with Crippen LogP contribution < -0.4 is 0 Å². The molecule has 276 valence electrons. The van der Waals surface area contributed by atoms with Crippen molar-refractivity contribution in [2.24, 2.45) is 0 Å². The van der Waals surface area contributed by atoms with Gasteiger partial charge in [0, 0.05) is 38.2 Å². The summed E-state index contributed by atoms with van der Waals surface area (Å²) in [5, 5.41) is 4.60. The molecule has 5 aromatic heterocycles. The second kappa shape index (κ2) is 13.2. The Balaban J connectivity index is 1.09. The van der Waals surface area contributed by atoms with E-state index in [1.165, 1.54) is 0 Å². The summed E-state index contributed by atoms with van der Waals surface area (Å²) in [4.78, 5) is 20.1. The van der Waals surface area contributed by atoms with E-state index < -0.39 is 0 Å². The van der Waals surface area contributed by atoms with Gasteiger partial charge in [-0.05, 0) is 54.6 Å². The number of rotatable bonds is 6. The van der Waals surface area contributed by atoms with Crippen molar-refractivity contribution in [2.45, 2.75) is 0 Å². The van der Waals surface area contributed by atoms with E-state index in [4.69, 9.17) is 24.4 Å². The quantitative estimate of drug-likeness (QED) is 0.169. The molecular weight excluding hydrogens is 725 g/mol. The molecule has 0 N–H and O–H groups in total. The highest BCUT2D eigenvalue weighted by atomic mass is 16.3. The number of oxazole rings is 1. The zero-order valence-corrected chi connectivity index (χ0v) is 31.6. The van der Waals surface area contributed by atoms with Crippen LogP contribution in [0.5, 0.6) is 0 Å². The zero-order valence-electron chi connectivity index (χ0n) is 31.6. The van der Waals surface area contributed by atoms with Gasteiger partial charge in [0.25, 0.3) is 0 Å². The normalized spacial score (nSPS) is 11.7. The minimum atomic E-state index is 0.592. The summed E-state index contributed by atoms with van der Waals surface area (Å²) in [6, 6.07) is 64.6. The van der Waals surface area contributed by atoms with Crippen LogP contribution in [0.2, 0.25) is 0 Å². The van der Waals surface area contributed by atoms with Gasteiger partial charge in [0.1, 0.15) is 5.52 Å². The van der Waals surface area contributed by atoms with Gasteiger partial charge >= 0.3 is 0 Å². The van der Waals surface area contributed by atoms with Crippen LogP contribution in [-0.2, 0) is 0 Å². The summed E-state index contributed by atoms with van der Waals surface area (Å²) in [7, 11) is 0. The molecule has 0 aliphatic heterocycles. The van der Waals surface area contributed by atoms with Gasteiger partial charge in [0.2, 0.25) is 5.89 Å². The number of pyridine rings is 1. The number of fused-ring (bicyclic) bond motifs is 8. The molecule has 0 unspecified atom stereocenters. The van der Waals surface area contributed by atoms with Gasteiger partial charge in [-0.15, -0.1) is 0 Å². The van der Waals surface area contributed by atoms with Crippen LogP contribution in [0.15, 0.2) is 199 Å². The third kappa shape index (κ3) is 5.29. The maximum absolute atomic E-state index is 6.66. The lowest BCUT2D eigenvalue weighted by atomic mass is 10.1. The maximum Gasteiger partial charge on any atom is 0.227 e. The van der Waals surface area contributed by atoms with Crippen molar-refractivity contribution in [3.05, 3.63) is 194 Å². The SMILES string of the molecule is c1ccc(-c2cc(-c3ccc(-n4c5ccccc5c5ccc6c7ccccc7n(-c7cccc8nc(-c9ccccc9)oc78)c6c54)cn3)nc(-c3ccccc3)n2)cc1. The Morgan fingerprint density at radius 2 is 1.00 bits per heavy atom. The first-order valence-electron chi connectivity index (χ1n) is 19.6. The Hall–Kier alpha value is -8.16. The monoisotopic (exact) mass is 756 g/mol. The van der Waals surface area contributed by atoms with Gasteiger partial charge < -0.3 is 13.6 Å². The fourth-order valence-electron chi connectivity index (χ4n) is 8.56. The molecule has 0 fully saturated rings. The number of hydrogen-bond donors (Lipinski definition) is 0. The summed E-state index contributed by atoms with van der Waals surface area (Å²) in [5.74, 6) is 1.25. The fourth-order valence-corrected chi connectivity index (χ4v) is 8.56. The van der Waals surface area contributed by atoms with Crippen molar-refractivity contribution in [3.63, 3.8) is 0 Å². The van der Waals surface area contributed by atoms with Gasteiger partial charge in [-0.25, -0.2) is 15.0 Å². The largest absolute Gasteiger partial charge is 0.434 e. The summed E-state index contributed by atoms with van der Waals surface area (Å²) in [5.41, 5.74) is 13.0. The van der Waals surface area contributed by atoms with E-state index in [-0.39, 0.29) is 0 Å². The summed E-state index contributed by atoms with van der Waals surface area (Å²) < 4.78 is 11.4. The van der Waals surface area contributed by atoms with Gasteiger partial charge in [0.15, 0.2) is 11.4 Å². The third-order valence-corrected chi connectivity index (χ3v) is 11.2. The molecule has 59 heavy (non-hydrogen) atoms. The van der Waals surface area contributed by atoms with Gasteiger partial charge in [-0.2, -0.15) is 0 Å². The van der Waals surface area contributed by atoms with Gasteiger partial charge in [-0.3, -0.25) is 4.98 Å². The number of nitrogens with zero attached hydrogens (tertiary/aromatic N) is 6. The van der Waals surface area contributed by atoms with E-state index in [0.29, 0.717) is 11.7 Å². The van der Waals surface area contributed by atoms with Crippen LogP contribution >= 0.6 is 0 Å². The maximum atomic E-state index is 6.66. The zero-order chi connectivity index (χ0) is 38.9. The standard InChI is InChI=1S/C52H32N6O/c1-4-15-33(16-5-1)43-31-44(55-51(54-43)34-17-6-2-7-18-34)41-30-27-36(32-53-41)57-45-24-12-10-21-37(45)39-28-29-40-38-22-11-13-25-46(38)58(49(40)48(39)57)47-26-14-23-42-50(47)59-52(56-42)35-19-8-3-9-20-35/h1-32H. The first-order valence-corrected chi connectivity index (χ1v) is 19.6. The molecule has 7 nitrogen and oxygen atoms in total. The molecule has 0 spiro atoms. The van der Waals surface area contributed by atoms with Crippen molar-refractivity contribution in [2.75, 3.05) is 0 Å². The molecule has 0 saturated heterocycles. The highest BCUT2D eigenvalue weighted by Gasteiger charge is 2.23. The molecular formula is C52H32N6O. The molecule has 7 heteroatoms. The fraction of sp³-hybridized carbons (Fsp3) is 0. The number of hydrogen-bond acceptors (Lipinski definition) is 5. The predicted molar refractivity (Wildman–Crippen MR) is 238 cm³/mol. The Bertz CT molecular complexity index is 3480. The highest BCUT2D eigenvalue weighted by molar-refractivity contribution is 6.24. The second-order valence-corrected chi connectivity index (χ2v) is 14.7. The van der Waals surface area contributed by atoms with E-state index >= 15 is 0 Å². The Morgan fingerprint density at radius 3 is 1.68 bits per heavy atom. The number of benzene rings is 7. The van der Waals surface area contributed by atoms with Crippen molar-refractivity contribution < 1.29 is 4.42 Å². The molecule has 0 bridgehead atoms. The lowest BCUT2D eigenvalue weighted by Crippen LogP contribution is -2.00. The first-order chi connectivity index (χ1) is 29.3. The van der Waals surface area contributed by atoms with Crippen molar-refractivity contribution in [3.8, 4) is 56.9 Å². The second-order valence-electron chi connectivity index (χ2n) is 14.7. The van der Waals surface area contributed by atoms with Crippen LogP contribution in [-0.4, -0.2) is 29.1 Å². The highest BCUT2D eigenvalue weighted by Crippen LogP contribution is 2.43. The van der Waals surface area contributed by atoms with E-state index in [0.717, 1.165) is 99.9 Å². The molecule has 12 aromatic rings. The number of para-hydroxylation sites is 3. The smallest absolute Gasteiger partial charge is 0.227 e. The van der Waals surface area contributed by atoms with E-state index in [2.05, 4.69) is 106 Å². The average molecular weight is 757 g/mol. The van der Waals surface area contributed by atoms with Gasteiger partial charge in [0.05, 0.1) is 56.7 Å². The molecule has 0 radical (unpaired) electrons. The van der Waals surface area contributed by atoms with Crippen LogP contribution in [0, 0.1) is 0 Å². The van der Waals surface area contributed by atoms with E-state index in [9.17, 15) is 0 Å². The van der Waals surface area contributed by atoms with Crippen LogP contribution in [0.25, 0.3) is 112 Å². The van der Waals surface area contributed by atoms with Crippen LogP contribution in [0.1, 0.15) is 0 Å². The molecule has 5 heterocycles. The lowest BCUT2D eigenvalue weighted by molar-refractivity contribution is 0.618. The van der Waals surface area contributed by atoms with E-state index in [1.54, 1.807) is 0 Å². The summed E-state index contributed by atoms with van der Waals surface area (Å²) >= 11 is 0. The van der Waals surface area contributed by atoms with E-state index in [1.807, 2.05) is 97.2 Å². The molecule has 12 rings (SSSR count). The molecule has 0 amide bonds. The predicted octanol–water partition coefficient (Wildman–Crippen LogP) is 12.9. The Kier molecular flexibility index (Phi) is 7.40. The summed E-state index contributed by atoms with van der Waals surface area (Å²) in [6.07, 6.45) is 1.96. The molecule has 0 aliphatic rings. The lowest BCUT2D eigenvalue weighted by Gasteiger charge is -2.13. The van der Waals surface area contributed by atoms with Gasteiger partial charge in [-0.1, -0.05) is 133 Å². The molecule has 0 atom stereocenters. The molecule has 7 aromatic carbocycles. The molecule has 0 aliphatic carbocycles. The minimum Gasteiger partial charge on any atom is -0.434 e. The van der Waals surface area contributed by atoms with Crippen molar-refractivity contribution in [1.29, 1.82) is 0 Å². The average Bonchev–Trinajstić information content (AvgIpc) is 4.01. The topological polar surface area (TPSA) is 74.6 Å². The van der Waals surface area contributed by atoms with Crippen molar-refractivity contribution >= 4 is 54.7 Å². The third-order valence-electron chi connectivity index (χ3n) is 11.2. The Morgan fingerprint density at radius 1 is 0.407 bits per heavy atom. The number of aromatic nitrogens is 6. The van der Waals surface area contributed by atoms with Crippen LogP contribution in [0.3, 0.4) is 0 Å². The minimum absolute atomic E-state index is 0.592. The van der Waals surface area contributed by atoms with Crippen molar-refractivity contribution in [1.82, 2.24) is 29.1 Å².